The van der Waals surface area contributed by atoms with Crippen molar-refractivity contribution < 1.29 is 5.11 Å². The minimum atomic E-state index is -0.484. The van der Waals surface area contributed by atoms with E-state index in [-0.39, 0.29) is 0 Å². The van der Waals surface area contributed by atoms with Gasteiger partial charge in [0.1, 0.15) is 0 Å². The minimum Gasteiger partial charge on any atom is -0.389 e. The highest BCUT2D eigenvalue weighted by Gasteiger charge is 2.26. The molecular weight excluding hydrogens is 192 g/mol. The summed E-state index contributed by atoms with van der Waals surface area (Å²) < 4.78 is 0. The first kappa shape index (κ1) is 12.4. The van der Waals surface area contributed by atoms with Gasteiger partial charge in [-0.2, -0.15) is 11.8 Å². The molecule has 14 heavy (non-hydrogen) atoms. The molecular formula is C12H24OS. The largest absolute Gasteiger partial charge is 0.389 e. The van der Waals surface area contributed by atoms with Crippen molar-refractivity contribution in [2.75, 3.05) is 5.75 Å². The Hall–Kier alpha value is 0.310. The van der Waals surface area contributed by atoms with Crippen LogP contribution in [-0.4, -0.2) is 21.7 Å². The summed E-state index contributed by atoms with van der Waals surface area (Å²) in [5.41, 5.74) is -0.484. The quantitative estimate of drug-likeness (QED) is 0.776. The lowest BCUT2D eigenvalue weighted by atomic mass is 9.95. The van der Waals surface area contributed by atoms with Gasteiger partial charge in [-0.3, -0.25) is 0 Å². The van der Waals surface area contributed by atoms with Gasteiger partial charge in [-0.1, -0.05) is 33.1 Å². The molecule has 1 nitrogen and oxygen atoms in total. The van der Waals surface area contributed by atoms with Crippen LogP contribution >= 0.6 is 11.8 Å². The van der Waals surface area contributed by atoms with Crippen LogP contribution in [0, 0.1) is 5.92 Å². The highest BCUT2D eigenvalue weighted by Crippen LogP contribution is 2.32. The summed E-state index contributed by atoms with van der Waals surface area (Å²) in [6, 6.07) is 0. The van der Waals surface area contributed by atoms with Gasteiger partial charge in [0.25, 0.3) is 0 Å². The number of thioether (sulfide) groups is 1. The van der Waals surface area contributed by atoms with E-state index in [1.165, 1.54) is 32.1 Å². The molecule has 0 aromatic rings. The van der Waals surface area contributed by atoms with Crippen LogP contribution in [0.15, 0.2) is 0 Å². The molecule has 1 rings (SSSR count). The van der Waals surface area contributed by atoms with Crippen LogP contribution in [0.25, 0.3) is 0 Å². The molecule has 1 fully saturated rings. The maximum absolute atomic E-state index is 10.1. The van der Waals surface area contributed by atoms with Gasteiger partial charge < -0.3 is 5.11 Å². The predicted molar refractivity (Wildman–Crippen MR) is 64.8 cm³/mol. The van der Waals surface area contributed by atoms with Crippen LogP contribution in [0.2, 0.25) is 0 Å². The Kier molecular flexibility index (Phi) is 4.78. The summed E-state index contributed by atoms with van der Waals surface area (Å²) in [6.45, 7) is 6.16. The maximum Gasteiger partial charge on any atom is 0.0732 e. The molecule has 0 radical (unpaired) electrons. The molecule has 0 aromatic carbocycles. The summed E-state index contributed by atoms with van der Waals surface area (Å²) >= 11 is 1.98. The molecule has 0 spiro atoms. The Labute approximate surface area is 92.7 Å². The van der Waals surface area contributed by atoms with Gasteiger partial charge >= 0.3 is 0 Å². The summed E-state index contributed by atoms with van der Waals surface area (Å²) in [7, 11) is 0. The maximum atomic E-state index is 10.1. The number of aliphatic hydroxyl groups is 1. The summed E-state index contributed by atoms with van der Waals surface area (Å²) in [6.07, 6.45) is 6.91. The molecule has 0 amide bonds. The molecule has 0 aliphatic heterocycles. The fraction of sp³-hybridized carbons (Fsp3) is 1.00. The van der Waals surface area contributed by atoms with E-state index >= 15 is 0 Å². The van der Waals surface area contributed by atoms with E-state index in [0.29, 0.717) is 5.92 Å². The number of hydrogen-bond acceptors (Lipinski definition) is 2. The molecule has 1 aliphatic rings. The molecule has 1 saturated carbocycles. The van der Waals surface area contributed by atoms with E-state index in [9.17, 15) is 5.11 Å². The molecule has 1 N–H and O–H groups in total. The topological polar surface area (TPSA) is 20.2 Å². The third-order valence-electron chi connectivity index (χ3n) is 3.41. The fourth-order valence-electron chi connectivity index (χ4n) is 1.69. The van der Waals surface area contributed by atoms with E-state index in [4.69, 9.17) is 0 Å². The van der Waals surface area contributed by atoms with Crippen LogP contribution in [0.3, 0.4) is 0 Å². The Morgan fingerprint density at radius 3 is 2.36 bits per heavy atom. The van der Waals surface area contributed by atoms with Crippen LogP contribution in [0.4, 0.5) is 0 Å². The Morgan fingerprint density at radius 1 is 1.29 bits per heavy atom. The first-order valence-corrected chi connectivity index (χ1v) is 6.91. The highest BCUT2D eigenvalue weighted by molar-refractivity contribution is 7.99. The second-order valence-electron chi connectivity index (χ2n) is 5.08. The van der Waals surface area contributed by atoms with Gasteiger partial charge in [0.2, 0.25) is 0 Å². The molecule has 0 heterocycles. The van der Waals surface area contributed by atoms with Crippen molar-refractivity contribution in [3.05, 3.63) is 0 Å². The molecule has 2 heteroatoms. The Balaban J connectivity index is 2.24. The molecule has 0 saturated heterocycles. The number of hydrogen-bond donors (Lipinski definition) is 1. The number of rotatable bonds is 4. The van der Waals surface area contributed by atoms with Gasteiger partial charge in [0, 0.05) is 11.0 Å². The molecule has 1 atom stereocenters. The van der Waals surface area contributed by atoms with Gasteiger partial charge in [-0.05, 0) is 25.7 Å². The highest BCUT2D eigenvalue weighted by atomic mass is 32.2. The van der Waals surface area contributed by atoms with Crippen LogP contribution in [0.1, 0.15) is 52.9 Å². The van der Waals surface area contributed by atoms with E-state index in [1.807, 2.05) is 18.7 Å². The third kappa shape index (κ3) is 3.82. The van der Waals surface area contributed by atoms with E-state index < -0.39 is 5.60 Å². The Bertz CT molecular complexity index is 160. The Morgan fingerprint density at radius 2 is 1.86 bits per heavy atom. The van der Waals surface area contributed by atoms with Crippen molar-refractivity contribution >= 4 is 11.8 Å². The van der Waals surface area contributed by atoms with Crippen molar-refractivity contribution in [2.45, 2.75) is 63.7 Å². The zero-order valence-corrected chi connectivity index (χ0v) is 10.6. The van der Waals surface area contributed by atoms with Crippen molar-refractivity contribution in [3.63, 3.8) is 0 Å². The minimum absolute atomic E-state index is 0.360. The lowest BCUT2D eigenvalue weighted by Gasteiger charge is -2.30. The zero-order valence-electron chi connectivity index (χ0n) is 9.75. The van der Waals surface area contributed by atoms with Gasteiger partial charge in [-0.15, -0.1) is 0 Å². The molecule has 0 aromatic heterocycles. The van der Waals surface area contributed by atoms with Crippen LogP contribution in [0.5, 0.6) is 0 Å². The van der Waals surface area contributed by atoms with Crippen LogP contribution < -0.4 is 0 Å². The van der Waals surface area contributed by atoms with Crippen molar-refractivity contribution in [2.24, 2.45) is 5.92 Å². The lowest BCUT2D eigenvalue weighted by molar-refractivity contribution is 0.0375. The second kappa shape index (κ2) is 5.41. The monoisotopic (exact) mass is 216 g/mol. The zero-order chi connectivity index (χ0) is 10.6. The fourth-order valence-corrected chi connectivity index (χ4v) is 3.26. The predicted octanol–water partition coefficient (Wildman–Crippen LogP) is 3.46. The van der Waals surface area contributed by atoms with Gasteiger partial charge in [-0.25, -0.2) is 0 Å². The average molecular weight is 216 g/mol. The smallest absolute Gasteiger partial charge is 0.0732 e. The lowest BCUT2D eigenvalue weighted by Crippen LogP contribution is -2.34. The van der Waals surface area contributed by atoms with Crippen molar-refractivity contribution in [3.8, 4) is 0 Å². The van der Waals surface area contributed by atoms with Crippen molar-refractivity contribution in [1.29, 1.82) is 0 Å². The second-order valence-corrected chi connectivity index (χ2v) is 6.37. The van der Waals surface area contributed by atoms with Crippen LogP contribution in [-0.2, 0) is 0 Å². The molecule has 84 valence electrons. The third-order valence-corrected chi connectivity index (χ3v) is 5.10. The summed E-state index contributed by atoms with van der Waals surface area (Å²) in [4.78, 5) is 0. The molecule has 0 bridgehead atoms. The van der Waals surface area contributed by atoms with E-state index in [2.05, 4.69) is 13.8 Å². The summed E-state index contributed by atoms with van der Waals surface area (Å²) in [5, 5.41) is 10.9. The normalized spacial score (nSPS) is 23.8. The first-order valence-electron chi connectivity index (χ1n) is 5.86. The SMILES string of the molecule is CC(C)C(C)(O)CSC1CCCCC1. The van der Waals surface area contributed by atoms with E-state index in [1.54, 1.807) is 0 Å². The van der Waals surface area contributed by atoms with Gasteiger partial charge in [0.15, 0.2) is 0 Å². The first-order chi connectivity index (χ1) is 6.52. The molecule has 1 aliphatic carbocycles. The van der Waals surface area contributed by atoms with Crippen molar-refractivity contribution in [1.82, 2.24) is 0 Å². The summed E-state index contributed by atoms with van der Waals surface area (Å²) in [5.74, 6) is 1.26. The standard InChI is InChI=1S/C12H24OS/c1-10(2)12(3,13)9-14-11-7-5-4-6-8-11/h10-11,13H,4-9H2,1-3H3. The van der Waals surface area contributed by atoms with Gasteiger partial charge in [0.05, 0.1) is 5.60 Å². The molecule has 1 unspecified atom stereocenters. The average Bonchev–Trinajstić information content (AvgIpc) is 2.16. The van der Waals surface area contributed by atoms with E-state index in [0.717, 1.165) is 11.0 Å².